The molecule has 1 fully saturated rings. The number of carbonyl (C=O) groups excluding carboxylic acids is 1. The van der Waals surface area contributed by atoms with Crippen molar-refractivity contribution in [2.75, 3.05) is 23.3 Å². The van der Waals surface area contributed by atoms with E-state index >= 15 is 0 Å². The summed E-state index contributed by atoms with van der Waals surface area (Å²) in [6.07, 6.45) is 4.46. The van der Waals surface area contributed by atoms with Gasteiger partial charge in [-0.15, -0.1) is 0 Å². The van der Waals surface area contributed by atoms with E-state index < -0.39 is 0 Å². The molecule has 29 heavy (non-hydrogen) atoms. The summed E-state index contributed by atoms with van der Waals surface area (Å²) in [4.78, 5) is 19.0. The van der Waals surface area contributed by atoms with E-state index in [-0.39, 0.29) is 12.3 Å². The van der Waals surface area contributed by atoms with Gasteiger partial charge in [-0.3, -0.25) is 4.79 Å². The lowest BCUT2D eigenvalue weighted by atomic mass is 10.1. The number of piperidine rings is 1. The van der Waals surface area contributed by atoms with Crippen LogP contribution in [0.25, 0.3) is 11.4 Å². The van der Waals surface area contributed by atoms with Crippen molar-refractivity contribution >= 4 is 28.9 Å². The van der Waals surface area contributed by atoms with Crippen LogP contribution < -0.4 is 10.2 Å². The molecule has 1 aliphatic heterocycles. The molecule has 0 atom stereocenters. The summed E-state index contributed by atoms with van der Waals surface area (Å²) in [5.74, 6) is 0.845. The number of amides is 1. The van der Waals surface area contributed by atoms with Crippen LogP contribution in [-0.4, -0.2) is 29.1 Å². The molecule has 0 bridgehead atoms. The Hall–Kier alpha value is -2.86. The minimum Gasteiger partial charge on any atom is -0.372 e. The zero-order valence-electron chi connectivity index (χ0n) is 16.1. The predicted molar refractivity (Wildman–Crippen MR) is 114 cm³/mol. The van der Waals surface area contributed by atoms with Gasteiger partial charge in [0.05, 0.1) is 0 Å². The van der Waals surface area contributed by atoms with E-state index in [1.165, 1.54) is 24.9 Å². The van der Waals surface area contributed by atoms with E-state index in [1.54, 1.807) is 12.1 Å². The quantitative estimate of drug-likeness (QED) is 0.622. The van der Waals surface area contributed by atoms with Crippen molar-refractivity contribution in [2.24, 2.45) is 0 Å². The van der Waals surface area contributed by atoms with Crippen LogP contribution in [0, 0.1) is 0 Å². The van der Waals surface area contributed by atoms with Crippen LogP contribution in [0.15, 0.2) is 53.1 Å². The van der Waals surface area contributed by atoms with Gasteiger partial charge in [0.25, 0.3) is 0 Å². The molecule has 1 aromatic heterocycles. The van der Waals surface area contributed by atoms with Gasteiger partial charge in [0, 0.05) is 47.9 Å². The Morgan fingerprint density at radius 2 is 1.76 bits per heavy atom. The summed E-state index contributed by atoms with van der Waals surface area (Å²) in [5.41, 5.74) is 2.83. The van der Waals surface area contributed by atoms with Gasteiger partial charge in [-0.2, -0.15) is 4.98 Å². The Balaban J connectivity index is 1.28. The molecule has 1 amide bonds. The summed E-state index contributed by atoms with van der Waals surface area (Å²) in [6, 6.07) is 15.2. The number of benzene rings is 2. The molecule has 0 spiro atoms. The van der Waals surface area contributed by atoms with E-state index in [2.05, 4.69) is 32.5 Å². The second kappa shape index (κ2) is 9.09. The number of nitrogens with zero attached hydrogens (tertiary/aromatic N) is 3. The van der Waals surface area contributed by atoms with Gasteiger partial charge >= 0.3 is 0 Å². The van der Waals surface area contributed by atoms with E-state index in [1.807, 2.05) is 24.3 Å². The molecule has 150 valence electrons. The topological polar surface area (TPSA) is 71.3 Å². The van der Waals surface area contributed by atoms with E-state index in [0.717, 1.165) is 24.3 Å². The number of halogens is 1. The SMILES string of the molecule is O=C(CCc1nc(-c2ccc(Cl)cc2)no1)Nc1ccc(N2CCCCC2)cc1. The second-order valence-electron chi connectivity index (χ2n) is 7.16. The van der Waals surface area contributed by atoms with Crippen molar-refractivity contribution in [2.45, 2.75) is 32.1 Å². The maximum atomic E-state index is 12.3. The highest BCUT2D eigenvalue weighted by Crippen LogP contribution is 2.22. The summed E-state index contributed by atoms with van der Waals surface area (Å²) < 4.78 is 5.25. The van der Waals surface area contributed by atoms with Gasteiger partial charge in [0.1, 0.15) is 0 Å². The first-order chi connectivity index (χ1) is 14.2. The Morgan fingerprint density at radius 1 is 1.03 bits per heavy atom. The van der Waals surface area contributed by atoms with E-state index in [9.17, 15) is 4.79 Å². The minimum absolute atomic E-state index is 0.0815. The molecule has 0 aliphatic carbocycles. The largest absolute Gasteiger partial charge is 0.372 e. The highest BCUT2D eigenvalue weighted by atomic mass is 35.5. The lowest BCUT2D eigenvalue weighted by Gasteiger charge is -2.28. The molecule has 0 radical (unpaired) electrons. The minimum atomic E-state index is -0.0815. The fraction of sp³-hybridized carbons (Fsp3) is 0.318. The highest BCUT2D eigenvalue weighted by Gasteiger charge is 2.13. The Labute approximate surface area is 174 Å². The summed E-state index contributed by atoms with van der Waals surface area (Å²) in [5, 5.41) is 7.54. The normalized spacial score (nSPS) is 14.0. The predicted octanol–water partition coefficient (Wildman–Crippen LogP) is 4.95. The molecule has 2 aromatic carbocycles. The maximum absolute atomic E-state index is 12.3. The van der Waals surface area contributed by atoms with Gasteiger partial charge in [-0.1, -0.05) is 16.8 Å². The highest BCUT2D eigenvalue weighted by molar-refractivity contribution is 6.30. The number of hydrogen-bond acceptors (Lipinski definition) is 5. The molecule has 0 saturated carbocycles. The molecule has 2 heterocycles. The first-order valence-electron chi connectivity index (χ1n) is 9.91. The van der Waals surface area contributed by atoms with Crippen molar-refractivity contribution in [3.05, 3.63) is 59.4 Å². The number of anilines is 2. The molecule has 1 aliphatic rings. The van der Waals surface area contributed by atoms with Gasteiger partial charge in [-0.25, -0.2) is 0 Å². The average Bonchev–Trinajstić information content (AvgIpc) is 3.23. The third-order valence-electron chi connectivity index (χ3n) is 5.01. The van der Waals surface area contributed by atoms with Crippen molar-refractivity contribution < 1.29 is 9.32 Å². The number of carbonyl (C=O) groups is 1. The van der Waals surface area contributed by atoms with Crippen LogP contribution in [0.4, 0.5) is 11.4 Å². The standard InChI is InChI=1S/C22H23ClN4O2/c23-17-6-4-16(5-7-17)22-25-21(29-26-22)13-12-20(28)24-18-8-10-19(11-9-18)27-14-2-1-3-15-27/h4-11H,1-3,12-15H2,(H,24,28). The van der Waals surface area contributed by atoms with Gasteiger partial charge in [0.15, 0.2) is 0 Å². The van der Waals surface area contributed by atoms with E-state index in [4.69, 9.17) is 16.1 Å². The molecule has 1 N–H and O–H groups in total. The molecule has 0 unspecified atom stereocenters. The smallest absolute Gasteiger partial charge is 0.227 e. The molecular formula is C22H23ClN4O2. The second-order valence-corrected chi connectivity index (χ2v) is 7.60. The number of aromatic nitrogens is 2. The Morgan fingerprint density at radius 3 is 2.48 bits per heavy atom. The number of aryl methyl sites for hydroxylation is 1. The third-order valence-corrected chi connectivity index (χ3v) is 5.26. The Bertz CT molecular complexity index is 948. The first-order valence-corrected chi connectivity index (χ1v) is 10.3. The Kier molecular flexibility index (Phi) is 6.10. The molecule has 4 rings (SSSR count). The monoisotopic (exact) mass is 410 g/mol. The van der Waals surface area contributed by atoms with Crippen LogP contribution in [0.1, 0.15) is 31.6 Å². The third kappa shape index (κ3) is 5.15. The van der Waals surface area contributed by atoms with Crippen molar-refractivity contribution in [1.29, 1.82) is 0 Å². The lowest BCUT2D eigenvalue weighted by Crippen LogP contribution is -2.29. The molecule has 7 heteroatoms. The summed E-state index contributed by atoms with van der Waals surface area (Å²) in [7, 11) is 0. The zero-order valence-corrected chi connectivity index (χ0v) is 16.9. The van der Waals surface area contributed by atoms with Crippen LogP contribution in [0.2, 0.25) is 5.02 Å². The lowest BCUT2D eigenvalue weighted by molar-refractivity contribution is -0.116. The molecule has 1 saturated heterocycles. The number of nitrogens with one attached hydrogen (secondary N) is 1. The van der Waals surface area contributed by atoms with E-state index in [0.29, 0.717) is 23.2 Å². The molecule has 6 nitrogen and oxygen atoms in total. The van der Waals surface area contributed by atoms with Gasteiger partial charge < -0.3 is 14.7 Å². The van der Waals surface area contributed by atoms with Crippen molar-refractivity contribution in [3.8, 4) is 11.4 Å². The van der Waals surface area contributed by atoms with Crippen LogP contribution >= 0.6 is 11.6 Å². The summed E-state index contributed by atoms with van der Waals surface area (Å²) >= 11 is 5.89. The number of hydrogen-bond donors (Lipinski definition) is 1. The molecular weight excluding hydrogens is 388 g/mol. The van der Waals surface area contributed by atoms with Crippen LogP contribution in [-0.2, 0) is 11.2 Å². The van der Waals surface area contributed by atoms with Crippen LogP contribution in [0.5, 0.6) is 0 Å². The van der Waals surface area contributed by atoms with Crippen molar-refractivity contribution in [1.82, 2.24) is 10.1 Å². The number of rotatable bonds is 6. The summed E-state index contributed by atoms with van der Waals surface area (Å²) in [6.45, 7) is 2.21. The van der Waals surface area contributed by atoms with Crippen LogP contribution in [0.3, 0.4) is 0 Å². The fourth-order valence-electron chi connectivity index (χ4n) is 3.42. The average molecular weight is 411 g/mol. The van der Waals surface area contributed by atoms with Crippen molar-refractivity contribution in [3.63, 3.8) is 0 Å². The zero-order chi connectivity index (χ0) is 20.1. The van der Waals surface area contributed by atoms with Gasteiger partial charge in [-0.05, 0) is 67.8 Å². The first kappa shape index (κ1) is 19.5. The molecule has 3 aromatic rings. The maximum Gasteiger partial charge on any atom is 0.227 e. The fourth-order valence-corrected chi connectivity index (χ4v) is 3.55. The van der Waals surface area contributed by atoms with Gasteiger partial charge in [0.2, 0.25) is 17.6 Å².